The molecule has 0 saturated carbocycles. The van der Waals surface area contributed by atoms with Gasteiger partial charge in [-0.25, -0.2) is 0 Å². The third-order valence-electron chi connectivity index (χ3n) is 6.74. The molecule has 3 aliphatic carbocycles. The topological polar surface area (TPSA) is 120 Å². The van der Waals surface area contributed by atoms with E-state index in [1.807, 2.05) is 0 Å². The molecule has 0 aromatic heterocycles. The maximum absolute atomic E-state index is 13.7. The van der Waals surface area contributed by atoms with E-state index in [2.05, 4.69) is 0 Å². The fourth-order valence-electron chi connectivity index (χ4n) is 5.17. The molecule has 0 spiro atoms. The number of Topliss-reactive ketones (excluding diaryl/α,β-unsaturated/α-hetero) is 2. The van der Waals surface area contributed by atoms with Gasteiger partial charge in [0.25, 0.3) is 0 Å². The second-order valence-corrected chi connectivity index (χ2v) is 8.75. The average Bonchev–Trinajstić information content (AvgIpc) is 2.85. The molecule has 3 aromatic rings. The Morgan fingerprint density at radius 3 is 1.71 bits per heavy atom. The van der Waals surface area contributed by atoms with E-state index in [-0.39, 0.29) is 57.2 Å². The molecule has 0 saturated heterocycles. The van der Waals surface area contributed by atoms with Crippen molar-refractivity contribution in [3.8, 4) is 0 Å². The molecule has 3 aromatic carbocycles. The molecular weight excluding hydrogens is 428 g/mol. The predicted octanol–water partition coefficient (Wildman–Crippen LogP) is 3.24. The Hall–Kier alpha value is -4.26. The fraction of sp³-hybridized carbons (Fsp3) is 0.0714. The number of fused-ring (bicyclic) bond motifs is 3. The molecule has 0 unspecified atom stereocenters. The number of hydrogen-bond acceptors (Lipinski definition) is 6. The van der Waals surface area contributed by atoms with Gasteiger partial charge in [0.2, 0.25) is 0 Å². The second kappa shape index (κ2) is 6.87. The molecule has 0 fully saturated rings. The van der Waals surface area contributed by atoms with Crippen LogP contribution in [-0.2, 0) is 0 Å². The summed E-state index contributed by atoms with van der Waals surface area (Å²) in [6.07, 6.45) is 1.77. The van der Waals surface area contributed by atoms with Crippen LogP contribution in [0, 0.1) is 0 Å². The molecule has 6 heteroatoms. The zero-order valence-electron chi connectivity index (χ0n) is 17.9. The van der Waals surface area contributed by atoms with Crippen molar-refractivity contribution in [3.63, 3.8) is 0 Å². The van der Waals surface area contributed by atoms with E-state index < -0.39 is 11.4 Å². The fourth-order valence-corrected chi connectivity index (χ4v) is 5.17. The molecule has 6 rings (SSSR count). The summed E-state index contributed by atoms with van der Waals surface area (Å²) in [4.78, 5) is 53.9. The van der Waals surface area contributed by atoms with Crippen LogP contribution in [0.25, 0.3) is 5.57 Å². The van der Waals surface area contributed by atoms with Crippen LogP contribution in [0.5, 0.6) is 0 Å². The van der Waals surface area contributed by atoms with E-state index in [0.29, 0.717) is 22.3 Å². The van der Waals surface area contributed by atoms with Crippen LogP contribution in [0.15, 0.2) is 84.0 Å². The quantitative estimate of drug-likeness (QED) is 0.433. The molecule has 6 nitrogen and oxygen atoms in total. The lowest BCUT2D eigenvalue weighted by atomic mass is 9.70. The van der Waals surface area contributed by atoms with Gasteiger partial charge in [0.05, 0.1) is 5.66 Å². The summed E-state index contributed by atoms with van der Waals surface area (Å²) in [7, 11) is 0. The molecule has 0 atom stereocenters. The maximum atomic E-state index is 13.7. The molecule has 0 heterocycles. The Morgan fingerprint density at radius 2 is 1.06 bits per heavy atom. The Morgan fingerprint density at radius 1 is 0.559 bits per heavy atom. The van der Waals surface area contributed by atoms with Crippen molar-refractivity contribution < 1.29 is 19.2 Å². The first-order valence-electron chi connectivity index (χ1n) is 10.8. The molecule has 4 N–H and O–H groups in total. The summed E-state index contributed by atoms with van der Waals surface area (Å²) >= 11 is 0. The lowest BCUT2D eigenvalue weighted by molar-refractivity contribution is 0.0964. The standard InChI is InChI=1S/C28H18N2O4/c29-28(30)13-12-15(22-23(28)27(34)19-9-4-3-8-18(19)26(22)33)14-10-5-11-20-21(14)25(32)17-7-2-1-6-16(17)24(20)31/h1-12H,13,29-30H2. The summed E-state index contributed by atoms with van der Waals surface area (Å²) in [5.41, 5.74) is 13.6. The minimum absolute atomic E-state index is 0.0290. The highest BCUT2D eigenvalue weighted by molar-refractivity contribution is 6.35. The Kier molecular flexibility index (Phi) is 4.11. The Balaban J connectivity index is 1.62. The van der Waals surface area contributed by atoms with Crippen molar-refractivity contribution in [1.29, 1.82) is 0 Å². The third-order valence-corrected chi connectivity index (χ3v) is 6.74. The first kappa shape index (κ1) is 20.4. The molecular formula is C28H18N2O4. The van der Waals surface area contributed by atoms with Crippen molar-refractivity contribution in [2.75, 3.05) is 0 Å². The highest BCUT2D eigenvalue weighted by Crippen LogP contribution is 2.44. The van der Waals surface area contributed by atoms with Crippen LogP contribution in [-0.4, -0.2) is 28.8 Å². The Labute approximate surface area is 194 Å². The molecule has 0 radical (unpaired) electrons. The van der Waals surface area contributed by atoms with Gasteiger partial charge >= 0.3 is 0 Å². The number of benzene rings is 3. The summed E-state index contributed by atoms with van der Waals surface area (Å²) in [5.74, 6) is -1.36. The lowest BCUT2D eigenvalue weighted by Crippen LogP contribution is -2.55. The smallest absolute Gasteiger partial charge is 0.195 e. The highest BCUT2D eigenvalue weighted by atomic mass is 16.1. The van der Waals surface area contributed by atoms with Gasteiger partial charge in [0.15, 0.2) is 23.1 Å². The van der Waals surface area contributed by atoms with Crippen molar-refractivity contribution in [2.24, 2.45) is 11.5 Å². The normalized spacial score (nSPS) is 18.1. The molecule has 0 bridgehead atoms. The predicted molar refractivity (Wildman–Crippen MR) is 126 cm³/mol. The van der Waals surface area contributed by atoms with E-state index in [1.54, 1.807) is 72.8 Å². The van der Waals surface area contributed by atoms with Gasteiger partial charge in [-0.2, -0.15) is 0 Å². The van der Waals surface area contributed by atoms with E-state index in [0.717, 1.165) is 0 Å². The summed E-state index contributed by atoms with van der Waals surface area (Å²) in [5, 5.41) is 0. The van der Waals surface area contributed by atoms with Crippen LogP contribution < -0.4 is 11.5 Å². The lowest BCUT2D eigenvalue weighted by Gasteiger charge is -2.36. The second-order valence-electron chi connectivity index (χ2n) is 8.75. The molecule has 0 aliphatic heterocycles. The van der Waals surface area contributed by atoms with Crippen LogP contribution in [0.3, 0.4) is 0 Å². The third kappa shape index (κ3) is 2.58. The van der Waals surface area contributed by atoms with Crippen molar-refractivity contribution in [2.45, 2.75) is 12.1 Å². The van der Waals surface area contributed by atoms with Gasteiger partial charge < -0.3 is 11.5 Å². The molecule has 3 aliphatic rings. The Bertz CT molecular complexity index is 1570. The molecule has 34 heavy (non-hydrogen) atoms. The zero-order valence-corrected chi connectivity index (χ0v) is 17.9. The number of ketones is 4. The van der Waals surface area contributed by atoms with Crippen LogP contribution >= 0.6 is 0 Å². The zero-order chi connectivity index (χ0) is 23.8. The van der Waals surface area contributed by atoms with Gasteiger partial charge in [-0.05, 0) is 11.1 Å². The molecule has 164 valence electrons. The minimum atomic E-state index is -1.54. The largest absolute Gasteiger partial charge is 0.309 e. The summed E-state index contributed by atoms with van der Waals surface area (Å²) in [6.45, 7) is 0. The average molecular weight is 446 g/mol. The first-order chi connectivity index (χ1) is 16.3. The maximum Gasteiger partial charge on any atom is 0.195 e. The first-order valence-corrected chi connectivity index (χ1v) is 10.8. The summed E-state index contributed by atoms with van der Waals surface area (Å²) in [6, 6.07) is 18.2. The van der Waals surface area contributed by atoms with Crippen LogP contribution in [0.2, 0.25) is 0 Å². The van der Waals surface area contributed by atoms with Gasteiger partial charge in [0, 0.05) is 50.9 Å². The monoisotopic (exact) mass is 446 g/mol. The SMILES string of the molecule is NC1(N)CC=C(c2cccc3c2C(=O)c2ccccc2C3=O)C2=C1C(=O)c1ccccc1C2=O. The van der Waals surface area contributed by atoms with Gasteiger partial charge in [0.1, 0.15) is 0 Å². The van der Waals surface area contributed by atoms with Crippen molar-refractivity contribution >= 4 is 28.7 Å². The van der Waals surface area contributed by atoms with Crippen LogP contribution in [0.1, 0.15) is 64.5 Å². The number of carbonyl (C=O) groups is 4. The van der Waals surface area contributed by atoms with E-state index >= 15 is 0 Å². The van der Waals surface area contributed by atoms with Crippen LogP contribution in [0.4, 0.5) is 0 Å². The number of rotatable bonds is 1. The van der Waals surface area contributed by atoms with E-state index in [9.17, 15) is 19.2 Å². The van der Waals surface area contributed by atoms with Gasteiger partial charge in [-0.15, -0.1) is 0 Å². The minimum Gasteiger partial charge on any atom is -0.309 e. The number of nitrogens with two attached hydrogens (primary N) is 2. The van der Waals surface area contributed by atoms with Gasteiger partial charge in [-0.3, -0.25) is 19.2 Å². The number of carbonyl (C=O) groups excluding carboxylic acids is 4. The van der Waals surface area contributed by atoms with Crippen molar-refractivity contribution in [3.05, 3.63) is 123 Å². The summed E-state index contributed by atoms with van der Waals surface area (Å²) < 4.78 is 0. The van der Waals surface area contributed by atoms with Gasteiger partial charge in [-0.1, -0.05) is 72.8 Å². The van der Waals surface area contributed by atoms with E-state index in [4.69, 9.17) is 11.5 Å². The number of allylic oxidation sites excluding steroid dienone is 2. The molecule has 0 amide bonds. The number of hydrogen-bond donors (Lipinski definition) is 2. The van der Waals surface area contributed by atoms with E-state index in [1.165, 1.54) is 0 Å². The van der Waals surface area contributed by atoms with Crippen molar-refractivity contribution in [1.82, 2.24) is 0 Å². The highest BCUT2D eigenvalue weighted by Gasteiger charge is 2.45.